The number of sulfonamides is 2. The van der Waals surface area contributed by atoms with Crippen molar-refractivity contribution in [3.05, 3.63) is 57.5 Å². The Bertz CT molecular complexity index is 1050. The molecule has 2 aromatic carbocycles. The minimum atomic E-state index is -3.88. The molecular formula is C16H15Cl3N2O4S2. The Morgan fingerprint density at radius 1 is 0.667 bits per heavy atom. The van der Waals surface area contributed by atoms with Crippen LogP contribution in [0.25, 0.3) is 0 Å². The molecule has 2 aromatic rings. The lowest BCUT2D eigenvalue weighted by Crippen LogP contribution is -2.50. The van der Waals surface area contributed by atoms with E-state index in [-0.39, 0.29) is 46.0 Å². The quantitative estimate of drug-likeness (QED) is 0.688. The lowest BCUT2D eigenvalue weighted by atomic mass is 10.4. The smallest absolute Gasteiger partial charge is 0.207 e. The normalized spacial score (nSPS) is 17.1. The van der Waals surface area contributed by atoms with Gasteiger partial charge < -0.3 is 0 Å². The molecule has 0 aromatic heterocycles. The third kappa shape index (κ3) is 4.27. The Morgan fingerprint density at radius 3 is 1.70 bits per heavy atom. The Morgan fingerprint density at radius 2 is 1.15 bits per heavy atom. The Hall–Kier alpha value is -0.870. The summed E-state index contributed by atoms with van der Waals surface area (Å²) in [4.78, 5) is 0.0202. The summed E-state index contributed by atoms with van der Waals surface area (Å²) in [6, 6.07) is 10.0. The van der Waals surface area contributed by atoms with E-state index in [1.807, 2.05) is 0 Å². The maximum atomic E-state index is 12.8. The first-order valence-electron chi connectivity index (χ1n) is 7.83. The van der Waals surface area contributed by atoms with Crippen molar-refractivity contribution in [1.29, 1.82) is 0 Å². The summed E-state index contributed by atoms with van der Waals surface area (Å²) < 4.78 is 53.5. The second kappa shape index (κ2) is 7.87. The number of piperazine rings is 1. The van der Waals surface area contributed by atoms with Gasteiger partial charge in [-0.05, 0) is 42.5 Å². The molecule has 3 rings (SSSR count). The number of halogens is 3. The molecule has 1 aliphatic rings. The molecule has 146 valence electrons. The van der Waals surface area contributed by atoms with Crippen LogP contribution in [0.15, 0.2) is 52.3 Å². The van der Waals surface area contributed by atoms with Gasteiger partial charge in [-0.1, -0.05) is 34.8 Å². The van der Waals surface area contributed by atoms with Crippen molar-refractivity contribution in [2.45, 2.75) is 9.79 Å². The highest BCUT2D eigenvalue weighted by Gasteiger charge is 2.34. The molecule has 0 amide bonds. The highest BCUT2D eigenvalue weighted by molar-refractivity contribution is 7.89. The van der Waals surface area contributed by atoms with Crippen molar-refractivity contribution in [2.24, 2.45) is 0 Å². The fraction of sp³-hybridized carbons (Fsp3) is 0.250. The second-order valence-corrected chi connectivity index (χ2v) is 11.0. The SMILES string of the molecule is O=S(=O)(c1ccc(Cl)cc1)N1CCN(S(=O)(=O)c2cc(Cl)ccc2Cl)CC1. The predicted molar refractivity (Wildman–Crippen MR) is 105 cm³/mol. The van der Waals surface area contributed by atoms with E-state index in [4.69, 9.17) is 34.8 Å². The minimum absolute atomic E-state index is 0.0119. The number of nitrogens with zero attached hydrogens (tertiary/aromatic N) is 2. The van der Waals surface area contributed by atoms with Crippen LogP contribution in [0.5, 0.6) is 0 Å². The van der Waals surface area contributed by atoms with E-state index in [0.29, 0.717) is 5.02 Å². The van der Waals surface area contributed by atoms with Crippen LogP contribution in [-0.2, 0) is 20.0 Å². The van der Waals surface area contributed by atoms with Gasteiger partial charge in [0.15, 0.2) is 0 Å². The zero-order valence-corrected chi connectivity index (χ0v) is 17.7. The van der Waals surface area contributed by atoms with Gasteiger partial charge in [0.2, 0.25) is 20.0 Å². The highest BCUT2D eigenvalue weighted by Crippen LogP contribution is 2.29. The van der Waals surface area contributed by atoms with E-state index in [1.54, 1.807) is 0 Å². The summed E-state index contributed by atoms with van der Waals surface area (Å²) in [5.41, 5.74) is 0. The van der Waals surface area contributed by atoms with E-state index in [2.05, 4.69) is 0 Å². The van der Waals surface area contributed by atoms with Gasteiger partial charge in [-0.15, -0.1) is 0 Å². The van der Waals surface area contributed by atoms with Crippen LogP contribution >= 0.6 is 34.8 Å². The first kappa shape index (κ1) is 20.9. The van der Waals surface area contributed by atoms with Gasteiger partial charge in [0.05, 0.1) is 9.92 Å². The molecule has 0 unspecified atom stereocenters. The van der Waals surface area contributed by atoms with Crippen LogP contribution in [0, 0.1) is 0 Å². The topological polar surface area (TPSA) is 74.8 Å². The Kier molecular flexibility index (Phi) is 6.08. The summed E-state index contributed by atoms with van der Waals surface area (Å²) in [6.45, 7) is 0.0841. The first-order chi connectivity index (χ1) is 12.6. The van der Waals surface area contributed by atoms with Gasteiger partial charge in [0.1, 0.15) is 4.90 Å². The van der Waals surface area contributed by atoms with E-state index in [1.165, 1.54) is 51.1 Å². The lowest BCUT2D eigenvalue weighted by molar-refractivity contribution is 0.273. The lowest BCUT2D eigenvalue weighted by Gasteiger charge is -2.33. The molecule has 0 saturated carbocycles. The molecule has 1 saturated heterocycles. The van der Waals surface area contributed by atoms with Crippen LogP contribution < -0.4 is 0 Å². The standard InChI is InChI=1S/C16H15Cl3N2O4S2/c17-12-1-4-14(5-2-12)26(22,23)20-7-9-21(10-8-20)27(24,25)16-11-13(18)3-6-15(16)19/h1-6,11H,7-10H2. The largest absolute Gasteiger partial charge is 0.244 e. The fourth-order valence-electron chi connectivity index (χ4n) is 2.72. The average molecular weight is 470 g/mol. The molecule has 0 N–H and O–H groups in total. The molecule has 0 bridgehead atoms. The van der Waals surface area contributed by atoms with Gasteiger partial charge in [-0.25, -0.2) is 16.8 Å². The van der Waals surface area contributed by atoms with Crippen LogP contribution in [0.1, 0.15) is 0 Å². The third-order valence-corrected chi connectivity index (χ3v) is 8.94. The molecule has 1 heterocycles. The number of hydrogen-bond acceptors (Lipinski definition) is 4. The fourth-order valence-corrected chi connectivity index (χ4v) is 6.43. The molecule has 0 radical (unpaired) electrons. The molecule has 11 heteroatoms. The number of benzene rings is 2. The molecule has 0 spiro atoms. The predicted octanol–water partition coefficient (Wildman–Crippen LogP) is 3.34. The monoisotopic (exact) mass is 468 g/mol. The summed E-state index contributed by atoms with van der Waals surface area (Å²) in [6.07, 6.45) is 0. The number of rotatable bonds is 4. The minimum Gasteiger partial charge on any atom is -0.207 e. The van der Waals surface area contributed by atoms with Crippen molar-refractivity contribution < 1.29 is 16.8 Å². The summed E-state index contributed by atoms with van der Waals surface area (Å²) in [5.74, 6) is 0. The van der Waals surface area contributed by atoms with E-state index >= 15 is 0 Å². The van der Waals surface area contributed by atoms with Gasteiger partial charge in [0.25, 0.3) is 0 Å². The van der Waals surface area contributed by atoms with E-state index < -0.39 is 20.0 Å². The molecule has 6 nitrogen and oxygen atoms in total. The Balaban J connectivity index is 1.78. The molecular weight excluding hydrogens is 455 g/mol. The van der Waals surface area contributed by atoms with Crippen molar-refractivity contribution in [2.75, 3.05) is 26.2 Å². The van der Waals surface area contributed by atoms with E-state index in [0.717, 1.165) is 0 Å². The molecule has 1 fully saturated rings. The highest BCUT2D eigenvalue weighted by atomic mass is 35.5. The third-order valence-electron chi connectivity index (χ3n) is 4.16. The van der Waals surface area contributed by atoms with Crippen molar-refractivity contribution in [3.63, 3.8) is 0 Å². The Labute approximate surface area is 173 Å². The average Bonchev–Trinajstić information content (AvgIpc) is 2.64. The van der Waals surface area contributed by atoms with Gasteiger partial charge >= 0.3 is 0 Å². The van der Waals surface area contributed by atoms with Crippen LogP contribution in [0.2, 0.25) is 15.1 Å². The van der Waals surface area contributed by atoms with E-state index in [9.17, 15) is 16.8 Å². The van der Waals surface area contributed by atoms with Crippen LogP contribution in [-0.4, -0.2) is 51.6 Å². The molecule has 0 aliphatic carbocycles. The first-order valence-corrected chi connectivity index (χ1v) is 11.8. The summed E-state index contributed by atoms with van der Waals surface area (Å²) in [7, 11) is -7.60. The molecule has 1 aliphatic heterocycles. The second-order valence-electron chi connectivity index (χ2n) is 5.84. The maximum absolute atomic E-state index is 12.8. The van der Waals surface area contributed by atoms with Crippen molar-refractivity contribution in [1.82, 2.24) is 8.61 Å². The molecule has 0 atom stereocenters. The number of hydrogen-bond donors (Lipinski definition) is 0. The van der Waals surface area contributed by atoms with Crippen molar-refractivity contribution >= 4 is 54.8 Å². The van der Waals surface area contributed by atoms with Gasteiger partial charge in [-0.2, -0.15) is 8.61 Å². The summed E-state index contributed by atoms with van der Waals surface area (Å²) in [5, 5.41) is 0.751. The van der Waals surface area contributed by atoms with Gasteiger partial charge in [0, 0.05) is 36.2 Å². The maximum Gasteiger partial charge on any atom is 0.244 e. The van der Waals surface area contributed by atoms with Crippen LogP contribution in [0.3, 0.4) is 0 Å². The zero-order valence-electron chi connectivity index (χ0n) is 13.8. The zero-order chi connectivity index (χ0) is 19.8. The molecule has 27 heavy (non-hydrogen) atoms. The van der Waals surface area contributed by atoms with Crippen molar-refractivity contribution in [3.8, 4) is 0 Å². The van der Waals surface area contributed by atoms with Gasteiger partial charge in [-0.3, -0.25) is 0 Å². The van der Waals surface area contributed by atoms with Crippen LogP contribution in [0.4, 0.5) is 0 Å². The summed E-state index contributed by atoms with van der Waals surface area (Å²) >= 11 is 17.7.